The molecule has 0 amide bonds. The summed E-state index contributed by atoms with van der Waals surface area (Å²) in [6.45, 7) is 7.85. The van der Waals surface area contributed by atoms with Gasteiger partial charge < -0.3 is 19.2 Å². The molecule has 0 aliphatic carbocycles. The Kier molecular flexibility index (Phi) is 3.72. The number of H-pyrrole nitrogens is 1. The summed E-state index contributed by atoms with van der Waals surface area (Å²) in [5.74, 6) is 4.06. The predicted molar refractivity (Wildman–Crippen MR) is 88.6 cm³/mol. The van der Waals surface area contributed by atoms with E-state index in [0.29, 0.717) is 17.6 Å². The van der Waals surface area contributed by atoms with Crippen molar-refractivity contribution < 1.29 is 8.94 Å². The number of nitrogens with zero attached hydrogens (tertiary/aromatic N) is 3. The summed E-state index contributed by atoms with van der Waals surface area (Å²) in [5.41, 5.74) is 2.55. The second-order valence-corrected chi connectivity index (χ2v) is 6.37. The summed E-state index contributed by atoms with van der Waals surface area (Å²) in [5, 5.41) is 7.46. The molecule has 4 rings (SSSR count). The number of aryl methyl sites for hydroxylation is 3. The average Bonchev–Trinajstić information content (AvgIpc) is 3.27. The van der Waals surface area contributed by atoms with E-state index < -0.39 is 0 Å². The summed E-state index contributed by atoms with van der Waals surface area (Å²) < 4.78 is 11.0. The minimum Gasteiger partial charge on any atom is -0.466 e. The molecule has 0 bridgehead atoms. The Morgan fingerprint density at radius 3 is 2.62 bits per heavy atom. The van der Waals surface area contributed by atoms with Crippen molar-refractivity contribution in [3.63, 3.8) is 0 Å². The topological polar surface area (TPSA) is 92.8 Å². The van der Waals surface area contributed by atoms with Crippen molar-refractivity contribution in [1.29, 1.82) is 0 Å². The minimum absolute atomic E-state index is 0.442. The minimum atomic E-state index is 0.442. The van der Waals surface area contributed by atoms with Gasteiger partial charge in [-0.25, -0.2) is 4.98 Å². The molecule has 1 fully saturated rings. The Bertz CT molecular complexity index is 854. The first-order valence-electron chi connectivity index (χ1n) is 8.30. The van der Waals surface area contributed by atoms with Crippen molar-refractivity contribution >= 4 is 0 Å². The van der Waals surface area contributed by atoms with Crippen LogP contribution in [0.25, 0.3) is 23.0 Å². The Hall–Kier alpha value is -2.41. The van der Waals surface area contributed by atoms with E-state index in [1.54, 1.807) is 0 Å². The Morgan fingerprint density at radius 2 is 1.92 bits per heavy atom. The van der Waals surface area contributed by atoms with E-state index in [1.165, 1.54) is 0 Å². The molecule has 1 aliphatic rings. The van der Waals surface area contributed by atoms with Crippen molar-refractivity contribution in [2.45, 2.75) is 39.5 Å². The molecule has 4 heterocycles. The lowest BCUT2D eigenvalue weighted by Crippen LogP contribution is -2.27. The fourth-order valence-electron chi connectivity index (χ4n) is 3.26. The quantitative estimate of drug-likeness (QED) is 0.768. The molecule has 24 heavy (non-hydrogen) atoms. The molecule has 0 atom stereocenters. The van der Waals surface area contributed by atoms with Gasteiger partial charge in [-0.15, -0.1) is 0 Å². The van der Waals surface area contributed by atoms with Gasteiger partial charge in [0.2, 0.25) is 5.82 Å². The largest absolute Gasteiger partial charge is 0.466 e. The van der Waals surface area contributed by atoms with Crippen LogP contribution >= 0.6 is 0 Å². The van der Waals surface area contributed by atoms with Crippen molar-refractivity contribution in [2.24, 2.45) is 0 Å². The molecule has 1 aliphatic heterocycles. The molecule has 1 saturated heterocycles. The number of aromatic amines is 1. The van der Waals surface area contributed by atoms with Crippen LogP contribution in [0.2, 0.25) is 0 Å². The van der Waals surface area contributed by atoms with Gasteiger partial charge in [0.05, 0.1) is 5.56 Å². The zero-order valence-electron chi connectivity index (χ0n) is 14.1. The molecule has 0 saturated carbocycles. The maximum atomic E-state index is 5.54. The molecular formula is C17H21N5O2. The van der Waals surface area contributed by atoms with Gasteiger partial charge >= 0.3 is 0 Å². The number of furan rings is 1. The van der Waals surface area contributed by atoms with Crippen molar-refractivity contribution in [2.75, 3.05) is 13.1 Å². The summed E-state index contributed by atoms with van der Waals surface area (Å²) in [6.07, 6.45) is 2.18. The molecule has 126 valence electrons. The van der Waals surface area contributed by atoms with Gasteiger partial charge in [0.1, 0.15) is 23.0 Å². The number of hydrogen-bond donors (Lipinski definition) is 2. The number of imidazole rings is 1. The Balaban J connectivity index is 1.65. The van der Waals surface area contributed by atoms with Gasteiger partial charge in [0, 0.05) is 11.6 Å². The summed E-state index contributed by atoms with van der Waals surface area (Å²) >= 11 is 0. The highest BCUT2D eigenvalue weighted by Crippen LogP contribution is 2.30. The second-order valence-electron chi connectivity index (χ2n) is 6.37. The van der Waals surface area contributed by atoms with E-state index in [1.807, 2.05) is 26.8 Å². The Morgan fingerprint density at radius 1 is 1.12 bits per heavy atom. The lowest BCUT2D eigenvalue weighted by molar-refractivity contribution is 0.429. The SMILES string of the molecule is Cc1cc(-c2noc(-c3nc(C4CCNCC4)[nH]c3C)n2)c(C)o1. The Labute approximate surface area is 139 Å². The molecular weight excluding hydrogens is 306 g/mol. The van der Waals surface area contributed by atoms with Gasteiger partial charge in [-0.1, -0.05) is 5.16 Å². The first-order valence-corrected chi connectivity index (χ1v) is 8.30. The van der Waals surface area contributed by atoms with Crippen LogP contribution in [-0.4, -0.2) is 33.2 Å². The van der Waals surface area contributed by atoms with Crippen molar-refractivity contribution in [1.82, 2.24) is 25.4 Å². The third-order valence-electron chi connectivity index (χ3n) is 4.54. The molecule has 3 aromatic rings. The summed E-state index contributed by atoms with van der Waals surface area (Å²) in [4.78, 5) is 12.6. The van der Waals surface area contributed by atoms with E-state index in [0.717, 1.165) is 60.2 Å². The lowest BCUT2D eigenvalue weighted by atomic mass is 9.98. The van der Waals surface area contributed by atoms with Crippen LogP contribution in [0.4, 0.5) is 0 Å². The zero-order valence-corrected chi connectivity index (χ0v) is 14.1. The van der Waals surface area contributed by atoms with E-state index in [9.17, 15) is 0 Å². The van der Waals surface area contributed by atoms with E-state index >= 15 is 0 Å². The number of piperidine rings is 1. The molecule has 0 spiro atoms. The highest BCUT2D eigenvalue weighted by molar-refractivity contribution is 5.61. The van der Waals surface area contributed by atoms with Crippen LogP contribution < -0.4 is 5.32 Å². The highest BCUT2D eigenvalue weighted by atomic mass is 16.5. The maximum Gasteiger partial charge on any atom is 0.278 e. The summed E-state index contributed by atoms with van der Waals surface area (Å²) in [7, 11) is 0. The molecule has 0 radical (unpaired) electrons. The van der Waals surface area contributed by atoms with Gasteiger partial charge in [0.25, 0.3) is 5.89 Å². The van der Waals surface area contributed by atoms with Crippen LogP contribution in [0, 0.1) is 20.8 Å². The zero-order chi connectivity index (χ0) is 16.7. The third kappa shape index (κ3) is 2.65. The van der Waals surface area contributed by atoms with E-state index in [-0.39, 0.29) is 0 Å². The van der Waals surface area contributed by atoms with Gasteiger partial charge in [-0.2, -0.15) is 4.98 Å². The fourth-order valence-corrected chi connectivity index (χ4v) is 3.26. The normalized spacial score (nSPS) is 16.0. The first kappa shape index (κ1) is 15.1. The lowest BCUT2D eigenvalue weighted by Gasteiger charge is -2.20. The standard InChI is InChI=1S/C17H21N5O2/c1-9-8-13(11(3)23-9)16-21-17(24-22-16)14-10(2)19-15(20-14)12-4-6-18-7-5-12/h8,12,18H,4-7H2,1-3H3,(H,19,20). The maximum absolute atomic E-state index is 5.54. The van der Waals surface area contributed by atoms with Crippen molar-refractivity contribution in [3.8, 4) is 23.0 Å². The number of aromatic nitrogens is 4. The van der Waals surface area contributed by atoms with Gasteiger partial charge in [-0.3, -0.25) is 0 Å². The molecule has 2 N–H and O–H groups in total. The number of hydrogen-bond acceptors (Lipinski definition) is 6. The molecule has 7 heteroatoms. The molecule has 0 aromatic carbocycles. The third-order valence-corrected chi connectivity index (χ3v) is 4.54. The number of nitrogens with one attached hydrogen (secondary N) is 2. The molecule has 7 nitrogen and oxygen atoms in total. The van der Waals surface area contributed by atoms with Crippen LogP contribution in [0.15, 0.2) is 15.0 Å². The van der Waals surface area contributed by atoms with Crippen molar-refractivity contribution in [3.05, 3.63) is 29.1 Å². The van der Waals surface area contributed by atoms with Crippen LogP contribution in [0.5, 0.6) is 0 Å². The second kappa shape index (κ2) is 5.90. The van der Waals surface area contributed by atoms with E-state index in [2.05, 4.69) is 20.4 Å². The molecule has 3 aromatic heterocycles. The van der Waals surface area contributed by atoms with Crippen LogP contribution in [0.1, 0.15) is 41.8 Å². The van der Waals surface area contributed by atoms with Gasteiger partial charge in [-0.05, 0) is 52.8 Å². The van der Waals surface area contributed by atoms with Gasteiger partial charge in [0.15, 0.2) is 0 Å². The van der Waals surface area contributed by atoms with Crippen LogP contribution in [-0.2, 0) is 0 Å². The average molecular weight is 327 g/mol. The first-order chi connectivity index (χ1) is 11.6. The molecule has 0 unspecified atom stereocenters. The number of rotatable bonds is 3. The monoisotopic (exact) mass is 327 g/mol. The smallest absolute Gasteiger partial charge is 0.278 e. The predicted octanol–water partition coefficient (Wildman–Crippen LogP) is 3.11. The van der Waals surface area contributed by atoms with E-state index in [4.69, 9.17) is 13.9 Å². The van der Waals surface area contributed by atoms with Crippen LogP contribution in [0.3, 0.4) is 0 Å². The fraction of sp³-hybridized carbons (Fsp3) is 0.471. The summed E-state index contributed by atoms with van der Waals surface area (Å²) in [6, 6.07) is 1.92. The highest BCUT2D eigenvalue weighted by Gasteiger charge is 2.23.